The molecule has 1 unspecified atom stereocenters. The van der Waals surface area contributed by atoms with Crippen molar-refractivity contribution >= 4 is 17.8 Å². The molecule has 1 aliphatic heterocycles. The van der Waals surface area contributed by atoms with Crippen molar-refractivity contribution in [1.29, 1.82) is 0 Å². The number of piperazine rings is 1. The van der Waals surface area contributed by atoms with Crippen molar-refractivity contribution in [2.75, 3.05) is 13.1 Å². The third-order valence-corrected chi connectivity index (χ3v) is 2.48. The fraction of sp³-hybridized carbons (Fsp3) is 0.700. The molecule has 16 heavy (non-hydrogen) atoms. The van der Waals surface area contributed by atoms with Crippen molar-refractivity contribution in [3.63, 3.8) is 0 Å². The van der Waals surface area contributed by atoms with Gasteiger partial charge in [-0.3, -0.25) is 14.4 Å². The van der Waals surface area contributed by atoms with Gasteiger partial charge in [0.2, 0.25) is 11.8 Å². The number of carbonyl (C=O) groups excluding carboxylic acids is 2. The molecule has 0 spiro atoms. The van der Waals surface area contributed by atoms with Gasteiger partial charge >= 0.3 is 5.97 Å². The summed E-state index contributed by atoms with van der Waals surface area (Å²) in [5.74, 6) is -1.88. The van der Waals surface area contributed by atoms with Crippen molar-refractivity contribution in [3.05, 3.63) is 0 Å². The minimum Gasteiger partial charge on any atom is -0.481 e. The van der Waals surface area contributed by atoms with Crippen LogP contribution in [0.2, 0.25) is 0 Å². The summed E-state index contributed by atoms with van der Waals surface area (Å²) in [4.78, 5) is 35.3. The van der Waals surface area contributed by atoms with E-state index in [2.05, 4.69) is 5.32 Å². The van der Waals surface area contributed by atoms with Crippen LogP contribution in [-0.2, 0) is 14.4 Å². The van der Waals surface area contributed by atoms with Crippen LogP contribution in [0.1, 0.15) is 20.3 Å². The van der Waals surface area contributed by atoms with E-state index < -0.39 is 12.0 Å². The van der Waals surface area contributed by atoms with Gasteiger partial charge in [0.15, 0.2) is 0 Å². The molecule has 1 aliphatic rings. The zero-order chi connectivity index (χ0) is 12.3. The molecular weight excluding hydrogens is 212 g/mol. The highest BCUT2D eigenvalue weighted by atomic mass is 16.4. The van der Waals surface area contributed by atoms with Gasteiger partial charge in [0.1, 0.15) is 6.04 Å². The predicted molar refractivity (Wildman–Crippen MR) is 55.6 cm³/mol. The molecular formula is C10H16N2O4. The lowest BCUT2D eigenvalue weighted by Crippen LogP contribution is -2.58. The van der Waals surface area contributed by atoms with Crippen molar-refractivity contribution in [1.82, 2.24) is 10.2 Å². The SMILES string of the molecule is CC(C)C(=O)N1CCNC(=O)C1CC(=O)O. The summed E-state index contributed by atoms with van der Waals surface area (Å²) < 4.78 is 0. The maximum absolute atomic E-state index is 11.8. The number of carbonyl (C=O) groups is 3. The van der Waals surface area contributed by atoms with Gasteiger partial charge in [0.25, 0.3) is 0 Å². The lowest BCUT2D eigenvalue weighted by atomic mass is 10.1. The molecule has 1 fully saturated rings. The van der Waals surface area contributed by atoms with Crippen LogP contribution < -0.4 is 5.32 Å². The molecule has 0 saturated carbocycles. The highest BCUT2D eigenvalue weighted by molar-refractivity contribution is 5.92. The topological polar surface area (TPSA) is 86.7 Å². The van der Waals surface area contributed by atoms with Gasteiger partial charge in [-0.25, -0.2) is 0 Å². The van der Waals surface area contributed by atoms with Crippen LogP contribution in [0.25, 0.3) is 0 Å². The Morgan fingerprint density at radius 1 is 1.56 bits per heavy atom. The molecule has 0 aromatic rings. The Bertz CT molecular complexity index is 314. The monoisotopic (exact) mass is 228 g/mol. The Balaban J connectivity index is 2.82. The first-order valence-corrected chi connectivity index (χ1v) is 5.23. The number of nitrogens with one attached hydrogen (secondary N) is 1. The summed E-state index contributed by atoms with van der Waals surface area (Å²) in [5.41, 5.74) is 0. The summed E-state index contributed by atoms with van der Waals surface area (Å²) in [7, 11) is 0. The number of carboxylic acids is 1. The quantitative estimate of drug-likeness (QED) is 0.678. The summed E-state index contributed by atoms with van der Waals surface area (Å²) in [5, 5.41) is 11.3. The van der Waals surface area contributed by atoms with Gasteiger partial charge in [-0.2, -0.15) is 0 Å². The fourth-order valence-corrected chi connectivity index (χ4v) is 1.68. The lowest BCUT2D eigenvalue weighted by molar-refractivity contribution is -0.150. The van der Waals surface area contributed by atoms with Crippen LogP contribution >= 0.6 is 0 Å². The van der Waals surface area contributed by atoms with Gasteiger partial charge in [-0.05, 0) is 0 Å². The molecule has 90 valence electrons. The van der Waals surface area contributed by atoms with E-state index >= 15 is 0 Å². The molecule has 1 rings (SSSR count). The zero-order valence-corrected chi connectivity index (χ0v) is 9.40. The van der Waals surface area contributed by atoms with Gasteiger partial charge in [-0.1, -0.05) is 13.8 Å². The number of carboxylic acid groups (broad SMARTS) is 1. The number of nitrogens with zero attached hydrogens (tertiary/aromatic N) is 1. The Morgan fingerprint density at radius 2 is 2.19 bits per heavy atom. The van der Waals surface area contributed by atoms with Gasteiger partial charge < -0.3 is 15.3 Å². The number of rotatable bonds is 3. The maximum atomic E-state index is 11.8. The normalized spacial score (nSPS) is 20.8. The number of amides is 2. The first-order valence-electron chi connectivity index (χ1n) is 5.23. The second kappa shape index (κ2) is 4.96. The molecule has 0 aliphatic carbocycles. The Labute approximate surface area is 93.6 Å². The van der Waals surface area contributed by atoms with Crippen molar-refractivity contribution in [3.8, 4) is 0 Å². The third kappa shape index (κ3) is 2.71. The van der Waals surface area contributed by atoms with Crippen LogP contribution in [0.3, 0.4) is 0 Å². The molecule has 1 heterocycles. The summed E-state index contributed by atoms with van der Waals surface area (Å²) in [6.07, 6.45) is -0.343. The van der Waals surface area contributed by atoms with Crippen LogP contribution in [0.15, 0.2) is 0 Å². The molecule has 2 amide bonds. The third-order valence-electron chi connectivity index (χ3n) is 2.48. The molecule has 0 aromatic heterocycles. The number of hydrogen-bond acceptors (Lipinski definition) is 3. The standard InChI is InChI=1S/C10H16N2O4/c1-6(2)10(16)12-4-3-11-9(15)7(12)5-8(13)14/h6-7H,3-5H2,1-2H3,(H,11,15)(H,13,14). The Hall–Kier alpha value is -1.59. The molecule has 1 atom stereocenters. The van der Waals surface area contributed by atoms with Crippen molar-refractivity contribution in [2.45, 2.75) is 26.3 Å². The average molecular weight is 228 g/mol. The molecule has 0 radical (unpaired) electrons. The van der Waals surface area contributed by atoms with E-state index in [0.717, 1.165) is 0 Å². The van der Waals surface area contributed by atoms with Crippen LogP contribution in [0.4, 0.5) is 0 Å². The van der Waals surface area contributed by atoms with Crippen molar-refractivity contribution < 1.29 is 19.5 Å². The molecule has 0 aromatic carbocycles. The van der Waals surface area contributed by atoms with E-state index in [1.165, 1.54) is 4.90 Å². The second-order valence-electron chi connectivity index (χ2n) is 4.09. The van der Waals surface area contributed by atoms with E-state index in [1.807, 2.05) is 0 Å². The van der Waals surface area contributed by atoms with E-state index in [-0.39, 0.29) is 24.2 Å². The van der Waals surface area contributed by atoms with Gasteiger partial charge in [-0.15, -0.1) is 0 Å². The summed E-state index contributed by atoms with van der Waals surface area (Å²) in [6, 6.07) is -0.874. The molecule has 6 nitrogen and oxygen atoms in total. The Kier molecular flexibility index (Phi) is 3.87. The first kappa shape index (κ1) is 12.5. The number of hydrogen-bond donors (Lipinski definition) is 2. The second-order valence-corrected chi connectivity index (χ2v) is 4.09. The molecule has 2 N–H and O–H groups in total. The summed E-state index contributed by atoms with van der Waals surface area (Å²) in [6.45, 7) is 4.22. The predicted octanol–water partition coefficient (Wildman–Crippen LogP) is -0.556. The van der Waals surface area contributed by atoms with Gasteiger partial charge in [0.05, 0.1) is 6.42 Å². The fourth-order valence-electron chi connectivity index (χ4n) is 1.68. The van der Waals surface area contributed by atoms with Crippen LogP contribution in [0.5, 0.6) is 0 Å². The Morgan fingerprint density at radius 3 is 2.69 bits per heavy atom. The largest absolute Gasteiger partial charge is 0.481 e. The zero-order valence-electron chi connectivity index (χ0n) is 9.40. The minimum atomic E-state index is -1.08. The highest BCUT2D eigenvalue weighted by Crippen LogP contribution is 2.12. The maximum Gasteiger partial charge on any atom is 0.305 e. The first-order chi connectivity index (χ1) is 7.43. The molecule has 1 saturated heterocycles. The smallest absolute Gasteiger partial charge is 0.305 e. The summed E-state index contributed by atoms with van der Waals surface area (Å²) >= 11 is 0. The average Bonchev–Trinajstić information content (AvgIpc) is 2.19. The minimum absolute atomic E-state index is 0.180. The van der Waals surface area contributed by atoms with Gasteiger partial charge in [0, 0.05) is 19.0 Å². The van der Waals surface area contributed by atoms with Crippen LogP contribution in [0, 0.1) is 5.92 Å². The molecule has 0 bridgehead atoms. The van der Waals surface area contributed by atoms with Crippen LogP contribution in [-0.4, -0.2) is 46.9 Å². The lowest BCUT2D eigenvalue weighted by Gasteiger charge is -2.35. The highest BCUT2D eigenvalue weighted by Gasteiger charge is 2.35. The van der Waals surface area contributed by atoms with Crippen molar-refractivity contribution in [2.24, 2.45) is 5.92 Å². The van der Waals surface area contributed by atoms with E-state index in [1.54, 1.807) is 13.8 Å². The molecule has 6 heteroatoms. The number of aliphatic carboxylic acids is 1. The van der Waals surface area contributed by atoms with E-state index in [0.29, 0.717) is 13.1 Å². The van der Waals surface area contributed by atoms with E-state index in [9.17, 15) is 14.4 Å². The van der Waals surface area contributed by atoms with E-state index in [4.69, 9.17) is 5.11 Å².